The Morgan fingerprint density at radius 2 is 1.40 bits per heavy atom. The molecule has 0 aliphatic heterocycles. The Balaban J connectivity index is 4.75. The van der Waals surface area contributed by atoms with Crippen molar-refractivity contribution in [3.05, 3.63) is 11.6 Å². The summed E-state index contributed by atoms with van der Waals surface area (Å²) in [5.41, 5.74) is 0. The first-order valence-electron chi connectivity index (χ1n) is 1.93. The number of rotatable bonds is 2. The molecule has 0 saturated carbocycles. The van der Waals surface area contributed by atoms with Crippen LogP contribution in [0.15, 0.2) is 11.6 Å². The Kier molecular flexibility index (Phi) is 2.59. The molecule has 0 heterocycles. The second kappa shape index (κ2) is 2.58. The SMILES string of the molecule is C=C(P(=O)([O-])O)P(=O)([O-])O. The van der Waals surface area contributed by atoms with Gasteiger partial charge in [-0.05, 0) is 0 Å². The van der Waals surface area contributed by atoms with Gasteiger partial charge in [-0.2, -0.15) is 0 Å². The second-order valence-corrected chi connectivity index (χ2v) is 4.97. The van der Waals surface area contributed by atoms with Gasteiger partial charge in [-0.25, -0.2) is 0 Å². The van der Waals surface area contributed by atoms with Crippen molar-refractivity contribution >= 4 is 15.2 Å². The van der Waals surface area contributed by atoms with Gasteiger partial charge in [-0.1, -0.05) is 6.58 Å². The Bertz CT molecular complexity index is 206. The molecule has 0 aromatic heterocycles. The van der Waals surface area contributed by atoms with E-state index in [1.165, 1.54) is 0 Å². The zero-order valence-electron chi connectivity index (χ0n) is 4.63. The minimum Gasteiger partial charge on any atom is -0.775 e. The maximum Gasteiger partial charge on any atom is 0.166 e. The van der Waals surface area contributed by atoms with Crippen molar-refractivity contribution in [2.45, 2.75) is 0 Å². The first kappa shape index (κ1) is 10.0. The number of hydrogen-bond acceptors (Lipinski definition) is 4. The van der Waals surface area contributed by atoms with Crippen LogP contribution in [0, 0.1) is 0 Å². The van der Waals surface area contributed by atoms with Crippen LogP contribution in [0.2, 0.25) is 0 Å². The third-order valence-corrected chi connectivity index (χ3v) is 3.47. The summed E-state index contributed by atoms with van der Waals surface area (Å²) in [5.74, 6) is 0. The van der Waals surface area contributed by atoms with Gasteiger partial charge in [0, 0.05) is 0 Å². The van der Waals surface area contributed by atoms with E-state index in [1.54, 1.807) is 0 Å². The monoisotopic (exact) mass is 186 g/mol. The first-order valence-corrected chi connectivity index (χ1v) is 5.09. The molecule has 2 N–H and O–H groups in total. The fourth-order valence-electron chi connectivity index (χ4n) is 0.160. The molecule has 0 amide bonds. The van der Waals surface area contributed by atoms with Crippen molar-refractivity contribution in [2.75, 3.05) is 0 Å². The standard InChI is InChI=1S/C2H6O6P2/c1-2(9(3,4)5)10(6,7)8/h1H2,(H2,3,4,5)(H2,6,7,8)/p-2. The van der Waals surface area contributed by atoms with Crippen LogP contribution in [0.25, 0.3) is 0 Å². The average molecular weight is 186 g/mol. The van der Waals surface area contributed by atoms with Gasteiger partial charge in [0.2, 0.25) is 0 Å². The molecule has 0 saturated heterocycles. The fourth-order valence-corrected chi connectivity index (χ4v) is 1.44. The molecule has 2 unspecified atom stereocenters. The van der Waals surface area contributed by atoms with Crippen LogP contribution < -0.4 is 9.79 Å². The van der Waals surface area contributed by atoms with Crippen molar-refractivity contribution in [1.29, 1.82) is 0 Å². The van der Waals surface area contributed by atoms with Crippen molar-refractivity contribution in [2.24, 2.45) is 0 Å². The molecule has 0 aliphatic carbocycles. The lowest BCUT2D eigenvalue weighted by Crippen LogP contribution is -2.07. The molecule has 60 valence electrons. The Hall–Kier alpha value is 0.0400. The summed E-state index contributed by atoms with van der Waals surface area (Å²) in [6.45, 7) is 2.45. The molecule has 0 aliphatic rings. The Morgan fingerprint density at radius 1 is 1.20 bits per heavy atom. The van der Waals surface area contributed by atoms with Crippen LogP contribution in [0.4, 0.5) is 0 Å². The zero-order valence-corrected chi connectivity index (χ0v) is 6.42. The Morgan fingerprint density at radius 3 is 1.40 bits per heavy atom. The highest BCUT2D eigenvalue weighted by Crippen LogP contribution is 2.57. The maximum absolute atomic E-state index is 9.93. The van der Waals surface area contributed by atoms with E-state index < -0.39 is 20.2 Å². The minimum absolute atomic E-state index is 1.57. The second-order valence-electron chi connectivity index (χ2n) is 1.46. The molecular weight excluding hydrogens is 182 g/mol. The van der Waals surface area contributed by atoms with Gasteiger partial charge >= 0.3 is 0 Å². The molecular formula is C2H4O6P2-2. The highest BCUT2D eigenvalue weighted by Gasteiger charge is 2.17. The van der Waals surface area contributed by atoms with E-state index in [0.29, 0.717) is 0 Å². The molecule has 0 aromatic rings. The summed E-state index contributed by atoms with van der Waals surface area (Å²) in [6, 6.07) is 0. The van der Waals surface area contributed by atoms with Crippen LogP contribution >= 0.6 is 15.2 Å². The van der Waals surface area contributed by atoms with E-state index in [4.69, 9.17) is 9.79 Å². The quantitative estimate of drug-likeness (QED) is 0.508. The zero-order chi connectivity index (χ0) is 8.58. The Labute approximate surface area is 56.5 Å². The van der Waals surface area contributed by atoms with Crippen LogP contribution in [0.5, 0.6) is 0 Å². The normalized spacial score (nSPS) is 22.8. The number of hydrogen-bond donors (Lipinski definition) is 2. The topological polar surface area (TPSA) is 121 Å². The predicted octanol–water partition coefficient (Wildman–Crippen LogP) is -1.45. The van der Waals surface area contributed by atoms with Crippen molar-refractivity contribution < 1.29 is 28.7 Å². The lowest BCUT2D eigenvalue weighted by Gasteiger charge is -2.25. The summed E-state index contributed by atoms with van der Waals surface area (Å²) in [7, 11) is -10.3. The van der Waals surface area contributed by atoms with Crippen molar-refractivity contribution in [1.82, 2.24) is 0 Å². The molecule has 0 fully saturated rings. The largest absolute Gasteiger partial charge is 0.775 e. The van der Waals surface area contributed by atoms with Gasteiger partial charge in [-0.15, -0.1) is 0 Å². The van der Waals surface area contributed by atoms with Gasteiger partial charge in [0.15, 0.2) is 15.2 Å². The van der Waals surface area contributed by atoms with Gasteiger partial charge in [0.1, 0.15) is 0 Å². The summed E-state index contributed by atoms with van der Waals surface area (Å²) >= 11 is 0. The first-order chi connectivity index (χ1) is 4.15. The van der Waals surface area contributed by atoms with E-state index in [-0.39, 0.29) is 0 Å². The van der Waals surface area contributed by atoms with Crippen LogP contribution in [-0.4, -0.2) is 9.79 Å². The molecule has 0 rings (SSSR count). The lowest BCUT2D eigenvalue weighted by atomic mass is 11.2. The van der Waals surface area contributed by atoms with Crippen molar-refractivity contribution in [3.8, 4) is 0 Å². The van der Waals surface area contributed by atoms with E-state index in [0.717, 1.165) is 0 Å². The van der Waals surface area contributed by atoms with Crippen molar-refractivity contribution in [3.63, 3.8) is 0 Å². The third kappa shape index (κ3) is 2.75. The third-order valence-electron chi connectivity index (χ3n) is 0.652. The van der Waals surface area contributed by atoms with E-state index in [9.17, 15) is 18.9 Å². The molecule has 8 heteroatoms. The lowest BCUT2D eigenvalue weighted by molar-refractivity contribution is -0.197. The predicted molar refractivity (Wildman–Crippen MR) is 28.8 cm³/mol. The van der Waals surface area contributed by atoms with Crippen LogP contribution in [0.1, 0.15) is 0 Å². The van der Waals surface area contributed by atoms with Gasteiger partial charge in [0.25, 0.3) is 0 Å². The fraction of sp³-hybridized carbons (Fsp3) is 0. The van der Waals surface area contributed by atoms with E-state index >= 15 is 0 Å². The summed E-state index contributed by atoms with van der Waals surface area (Å²) in [6.07, 6.45) is 0. The van der Waals surface area contributed by atoms with Crippen LogP contribution in [-0.2, 0) is 9.13 Å². The molecule has 2 atom stereocenters. The molecule has 0 spiro atoms. The summed E-state index contributed by atoms with van der Waals surface area (Å²) in [4.78, 5) is 35.8. The van der Waals surface area contributed by atoms with E-state index in [2.05, 4.69) is 6.58 Å². The molecule has 0 bridgehead atoms. The van der Waals surface area contributed by atoms with Gasteiger partial charge in [0.05, 0.1) is 5.06 Å². The maximum atomic E-state index is 9.93. The van der Waals surface area contributed by atoms with Crippen LogP contribution in [0.3, 0.4) is 0 Å². The molecule has 0 aromatic carbocycles. The molecule has 0 radical (unpaired) electrons. The van der Waals surface area contributed by atoms with E-state index in [1.807, 2.05) is 0 Å². The minimum atomic E-state index is -5.15. The average Bonchev–Trinajstić information content (AvgIpc) is 1.59. The smallest absolute Gasteiger partial charge is 0.166 e. The van der Waals surface area contributed by atoms with Gasteiger partial charge < -0.3 is 28.7 Å². The highest BCUT2D eigenvalue weighted by atomic mass is 31.2. The molecule has 6 nitrogen and oxygen atoms in total. The van der Waals surface area contributed by atoms with Gasteiger partial charge in [-0.3, -0.25) is 0 Å². The molecule has 10 heavy (non-hydrogen) atoms. The highest BCUT2D eigenvalue weighted by molar-refractivity contribution is 7.75. The summed E-state index contributed by atoms with van der Waals surface area (Å²) in [5, 5.41) is -1.57. The summed E-state index contributed by atoms with van der Waals surface area (Å²) < 4.78 is 19.9.